The Kier molecular flexibility index (Phi) is 6.27. The largest absolute Gasteiger partial charge is 0.486 e. The monoisotopic (exact) mass is 499 g/mol. The molecular weight excluding hydrogens is 477 g/mol. The Morgan fingerprint density at radius 2 is 1.76 bits per heavy atom. The summed E-state index contributed by atoms with van der Waals surface area (Å²) in [7, 11) is -0.186. The van der Waals surface area contributed by atoms with Crippen molar-refractivity contribution in [3.8, 4) is 17.0 Å². The number of H-pyrrole nitrogens is 1. The molecule has 33 heavy (non-hydrogen) atoms. The van der Waals surface area contributed by atoms with E-state index >= 15 is 0 Å². The molecule has 2 N–H and O–H groups in total. The lowest BCUT2D eigenvalue weighted by molar-refractivity contribution is 0.227. The molecule has 1 atom stereocenters. The van der Waals surface area contributed by atoms with Gasteiger partial charge in [0, 0.05) is 59.2 Å². The Morgan fingerprint density at radius 3 is 2.45 bits per heavy atom. The number of nitrogens with one attached hydrogen (secondary N) is 2. The Hall–Kier alpha value is -2.61. The first-order valence-corrected chi connectivity index (χ1v) is 13.0. The summed E-state index contributed by atoms with van der Waals surface area (Å²) in [5.41, 5.74) is 4.76. The van der Waals surface area contributed by atoms with Gasteiger partial charge in [-0.25, -0.2) is 0 Å². The molecule has 0 bridgehead atoms. The molecule has 0 unspecified atom stereocenters. The number of anilines is 1. The average molecular weight is 500 g/mol. The normalized spacial score (nSPS) is 15.7. The van der Waals surface area contributed by atoms with Crippen LogP contribution in [0.1, 0.15) is 18.6 Å². The third kappa shape index (κ3) is 4.58. The predicted molar refractivity (Wildman–Crippen MR) is 137 cm³/mol. The summed E-state index contributed by atoms with van der Waals surface area (Å²) in [5.74, 6) is 2.60. The number of hydrogen-bond acceptors (Lipinski definition) is 5. The molecule has 170 valence electrons. The van der Waals surface area contributed by atoms with Crippen molar-refractivity contribution in [2.75, 3.05) is 29.5 Å². The van der Waals surface area contributed by atoms with Crippen molar-refractivity contribution in [3.63, 3.8) is 0 Å². The summed E-state index contributed by atoms with van der Waals surface area (Å²) in [6.45, 7) is 3.81. The van der Waals surface area contributed by atoms with Gasteiger partial charge in [0.2, 0.25) is 0 Å². The zero-order chi connectivity index (χ0) is 22.9. The summed E-state index contributed by atoms with van der Waals surface area (Å²) in [6.07, 6.45) is 2.80. The van der Waals surface area contributed by atoms with E-state index in [0.29, 0.717) is 21.4 Å². The highest BCUT2D eigenvalue weighted by Gasteiger charge is 2.18. The minimum absolute atomic E-state index is 0.186. The number of hydrogen-bond donors (Lipinski definition) is 2. The van der Waals surface area contributed by atoms with Crippen LogP contribution in [0.3, 0.4) is 0 Å². The number of benzene rings is 2. The molecule has 1 aliphatic rings. The molecule has 2 aromatic heterocycles. The summed E-state index contributed by atoms with van der Waals surface area (Å²) in [4.78, 5) is 6.36. The summed E-state index contributed by atoms with van der Waals surface area (Å²) in [6, 6.07) is 14.3. The van der Waals surface area contributed by atoms with Crippen LogP contribution in [-0.2, 0) is 10.7 Å². The van der Waals surface area contributed by atoms with Gasteiger partial charge >= 0.3 is 0 Å². The van der Waals surface area contributed by atoms with E-state index in [-0.39, 0.29) is 16.8 Å². The van der Waals surface area contributed by atoms with Gasteiger partial charge in [0.25, 0.3) is 0 Å². The van der Waals surface area contributed by atoms with E-state index in [1.807, 2.05) is 25.1 Å². The number of aromatic amines is 1. The number of ether oxygens (including phenoxy) is 1. The number of rotatable bonds is 5. The number of fused-ring (bicyclic) bond motifs is 1. The second-order valence-corrected chi connectivity index (χ2v) is 10.6. The molecule has 6 nitrogen and oxygen atoms in total. The van der Waals surface area contributed by atoms with Gasteiger partial charge in [-0.1, -0.05) is 35.3 Å². The molecule has 0 spiro atoms. The molecule has 2 aromatic carbocycles. The molecule has 4 aromatic rings. The molecule has 9 heteroatoms. The van der Waals surface area contributed by atoms with Crippen molar-refractivity contribution in [2.45, 2.75) is 13.0 Å². The second kappa shape index (κ2) is 9.33. The van der Waals surface area contributed by atoms with Crippen LogP contribution in [-0.4, -0.2) is 39.8 Å². The van der Waals surface area contributed by atoms with Gasteiger partial charge in [0.05, 0.1) is 15.6 Å². The SMILES string of the molecule is C[C@H](Oc1ccc2[nH]nc(-c3ccc(N4CCS(=N)CC4)cc3)c2c1)c1c(Cl)cncc1Cl. The third-order valence-corrected chi connectivity index (χ3v) is 7.82. The fourth-order valence-corrected chi connectivity index (χ4v) is 5.86. The Labute approximate surface area is 204 Å². The zero-order valence-corrected chi connectivity index (χ0v) is 20.3. The fourth-order valence-electron chi connectivity index (χ4n) is 4.10. The number of nitrogens with zero attached hydrogens (tertiary/aromatic N) is 3. The van der Waals surface area contributed by atoms with Crippen molar-refractivity contribution in [2.24, 2.45) is 0 Å². The van der Waals surface area contributed by atoms with Crippen LogP contribution < -0.4 is 9.64 Å². The van der Waals surface area contributed by atoms with Gasteiger partial charge in [-0.15, -0.1) is 10.7 Å². The molecular formula is C24H23Cl2N5OS. The van der Waals surface area contributed by atoms with E-state index in [4.69, 9.17) is 32.7 Å². The lowest BCUT2D eigenvalue weighted by atomic mass is 10.1. The van der Waals surface area contributed by atoms with Crippen molar-refractivity contribution >= 4 is 50.5 Å². The van der Waals surface area contributed by atoms with Gasteiger partial charge < -0.3 is 9.64 Å². The maximum absolute atomic E-state index is 7.92. The van der Waals surface area contributed by atoms with Crippen LogP contribution >= 0.6 is 23.2 Å². The molecule has 0 radical (unpaired) electrons. The summed E-state index contributed by atoms with van der Waals surface area (Å²) < 4.78 is 14.1. The topological polar surface area (TPSA) is 77.9 Å². The summed E-state index contributed by atoms with van der Waals surface area (Å²) in [5, 5.41) is 9.61. The van der Waals surface area contributed by atoms with E-state index in [0.717, 1.165) is 46.8 Å². The third-order valence-electron chi connectivity index (χ3n) is 5.87. The molecule has 3 heterocycles. The van der Waals surface area contributed by atoms with Crippen LogP contribution in [0.25, 0.3) is 22.2 Å². The van der Waals surface area contributed by atoms with Gasteiger partial charge in [-0.05, 0) is 37.3 Å². The first kappa shape index (κ1) is 22.2. The van der Waals surface area contributed by atoms with Crippen molar-refractivity contribution in [3.05, 3.63) is 70.5 Å². The van der Waals surface area contributed by atoms with Gasteiger partial charge in [0.1, 0.15) is 17.5 Å². The van der Waals surface area contributed by atoms with E-state index in [1.54, 1.807) is 12.4 Å². The lowest BCUT2D eigenvalue weighted by Crippen LogP contribution is -2.37. The highest BCUT2D eigenvalue weighted by atomic mass is 35.5. The maximum atomic E-state index is 7.92. The van der Waals surface area contributed by atoms with Crippen LogP contribution in [0, 0.1) is 4.78 Å². The lowest BCUT2D eigenvalue weighted by Gasteiger charge is -2.29. The average Bonchev–Trinajstić information content (AvgIpc) is 3.23. The highest BCUT2D eigenvalue weighted by molar-refractivity contribution is 7.86. The van der Waals surface area contributed by atoms with E-state index in [9.17, 15) is 0 Å². The molecule has 0 saturated carbocycles. The van der Waals surface area contributed by atoms with Gasteiger partial charge in [0.15, 0.2) is 0 Å². The van der Waals surface area contributed by atoms with E-state index in [2.05, 4.69) is 44.3 Å². The number of pyridine rings is 1. The molecule has 0 aliphatic carbocycles. The minimum atomic E-state index is -0.339. The molecule has 5 rings (SSSR count). The Balaban J connectivity index is 1.40. The molecule has 1 saturated heterocycles. The number of halogens is 2. The van der Waals surface area contributed by atoms with Crippen molar-refractivity contribution in [1.29, 1.82) is 4.78 Å². The zero-order valence-electron chi connectivity index (χ0n) is 18.0. The van der Waals surface area contributed by atoms with Crippen LogP contribution in [0.4, 0.5) is 5.69 Å². The van der Waals surface area contributed by atoms with Gasteiger partial charge in [-0.2, -0.15) is 5.10 Å². The smallest absolute Gasteiger partial charge is 0.124 e. The molecule has 1 aliphatic heterocycles. The van der Waals surface area contributed by atoms with E-state index in [1.165, 1.54) is 5.69 Å². The quantitative estimate of drug-likeness (QED) is 0.339. The fraction of sp³-hybridized carbons (Fsp3) is 0.250. The minimum Gasteiger partial charge on any atom is -0.486 e. The van der Waals surface area contributed by atoms with Crippen LogP contribution in [0.15, 0.2) is 54.9 Å². The predicted octanol–water partition coefficient (Wildman–Crippen LogP) is 6.27. The standard InChI is InChI=1S/C24H23Cl2N5OS/c1-15(23-20(25)13-28-14-21(23)26)32-18-6-7-22-19(12-18)24(30-29-22)16-2-4-17(5-3-16)31-8-10-33(27)11-9-31/h2-7,12-15,27H,8-11H2,1H3,(H,29,30)/t15-/m0/s1. The molecule has 0 amide bonds. The Morgan fingerprint density at radius 1 is 1.06 bits per heavy atom. The van der Waals surface area contributed by atoms with Crippen LogP contribution in [0.2, 0.25) is 10.0 Å². The summed E-state index contributed by atoms with van der Waals surface area (Å²) >= 11 is 12.6. The highest BCUT2D eigenvalue weighted by Crippen LogP contribution is 2.35. The van der Waals surface area contributed by atoms with Crippen LogP contribution in [0.5, 0.6) is 5.75 Å². The number of aromatic nitrogens is 3. The molecule has 1 fully saturated rings. The maximum Gasteiger partial charge on any atom is 0.124 e. The van der Waals surface area contributed by atoms with Crippen molar-refractivity contribution in [1.82, 2.24) is 15.2 Å². The van der Waals surface area contributed by atoms with Crippen molar-refractivity contribution < 1.29 is 4.74 Å². The first-order chi connectivity index (χ1) is 16.0. The Bertz CT molecular complexity index is 1290. The van der Waals surface area contributed by atoms with Gasteiger partial charge in [-0.3, -0.25) is 14.9 Å². The van der Waals surface area contributed by atoms with E-state index < -0.39 is 0 Å². The first-order valence-electron chi connectivity index (χ1n) is 10.7. The second-order valence-electron chi connectivity index (χ2n) is 7.99.